The standard InChI is InChI=1S/C14H27N2O7P/c1-5-20-13(17)12-8-15-14(18)16(9-12)11(4)21-10-24(19,22-6-2)23-7-3/h11-12H,5-10H2,1-4H3,(H,15,18). The van der Waals surface area contributed by atoms with Gasteiger partial charge in [-0.1, -0.05) is 0 Å². The van der Waals surface area contributed by atoms with E-state index in [4.69, 9.17) is 18.5 Å². The fourth-order valence-corrected chi connectivity index (χ4v) is 3.63. The number of nitrogens with one attached hydrogen (secondary N) is 1. The van der Waals surface area contributed by atoms with E-state index >= 15 is 0 Å². The van der Waals surface area contributed by atoms with Crippen molar-refractivity contribution in [2.24, 2.45) is 5.92 Å². The van der Waals surface area contributed by atoms with Gasteiger partial charge in [0.05, 0.1) is 25.7 Å². The van der Waals surface area contributed by atoms with Gasteiger partial charge >= 0.3 is 19.6 Å². The summed E-state index contributed by atoms with van der Waals surface area (Å²) in [7, 11) is -3.36. The van der Waals surface area contributed by atoms with Crippen molar-refractivity contribution in [2.45, 2.75) is 33.9 Å². The third-order valence-electron chi connectivity index (χ3n) is 3.36. The van der Waals surface area contributed by atoms with Crippen molar-refractivity contribution in [3.8, 4) is 0 Å². The minimum Gasteiger partial charge on any atom is -0.466 e. The molecule has 9 nitrogen and oxygen atoms in total. The maximum Gasteiger partial charge on any atom is 0.356 e. The van der Waals surface area contributed by atoms with E-state index in [0.717, 1.165) is 0 Å². The first kappa shape index (κ1) is 20.9. The van der Waals surface area contributed by atoms with Crippen LogP contribution in [0.2, 0.25) is 0 Å². The maximum absolute atomic E-state index is 12.4. The van der Waals surface area contributed by atoms with Gasteiger partial charge in [-0.25, -0.2) is 4.79 Å². The van der Waals surface area contributed by atoms with Crippen LogP contribution >= 0.6 is 7.60 Å². The number of carbonyl (C=O) groups is 2. The minimum absolute atomic E-state index is 0.166. The van der Waals surface area contributed by atoms with E-state index in [-0.39, 0.29) is 51.3 Å². The fourth-order valence-electron chi connectivity index (χ4n) is 2.22. The molecule has 2 atom stereocenters. The van der Waals surface area contributed by atoms with E-state index < -0.39 is 19.7 Å². The predicted molar refractivity (Wildman–Crippen MR) is 86.5 cm³/mol. The monoisotopic (exact) mass is 366 g/mol. The van der Waals surface area contributed by atoms with Crippen molar-refractivity contribution in [3.63, 3.8) is 0 Å². The molecule has 10 heteroatoms. The summed E-state index contributed by atoms with van der Waals surface area (Å²) in [5, 5.41) is 2.62. The molecule has 1 fully saturated rings. The lowest BCUT2D eigenvalue weighted by Crippen LogP contribution is -2.56. The third-order valence-corrected chi connectivity index (χ3v) is 5.13. The number of ether oxygens (including phenoxy) is 2. The Bertz CT molecular complexity index is 464. The van der Waals surface area contributed by atoms with E-state index in [1.54, 1.807) is 27.7 Å². The summed E-state index contributed by atoms with van der Waals surface area (Å²) < 4.78 is 33.1. The number of carbonyl (C=O) groups excluding carboxylic acids is 2. The second-order valence-corrected chi connectivity index (χ2v) is 7.13. The molecule has 1 rings (SSSR count). The molecule has 0 aromatic carbocycles. The molecule has 1 N–H and O–H groups in total. The van der Waals surface area contributed by atoms with Crippen LogP contribution in [0.1, 0.15) is 27.7 Å². The van der Waals surface area contributed by atoms with Crippen LogP contribution in [0.25, 0.3) is 0 Å². The second-order valence-electron chi connectivity index (χ2n) is 5.13. The van der Waals surface area contributed by atoms with Crippen LogP contribution in [0, 0.1) is 5.92 Å². The highest BCUT2D eigenvalue weighted by Crippen LogP contribution is 2.48. The SMILES string of the molecule is CCOC(=O)C1CNC(=O)N(C(C)OCP(=O)(OCC)OCC)C1. The average molecular weight is 366 g/mol. The van der Waals surface area contributed by atoms with Gasteiger partial charge in [-0.05, 0) is 27.7 Å². The molecule has 1 aliphatic heterocycles. The van der Waals surface area contributed by atoms with Crippen LogP contribution in [-0.2, 0) is 27.9 Å². The number of urea groups is 1. The summed E-state index contributed by atoms with van der Waals surface area (Å²) in [5.41, 5.74) is 0. The molecule has 24 heavy (non-hydrogen) atoms. The molecular weight excluding hydrogens is 339 g/mol. The molecule has 1 saturated heterocycles. The molecule has 140 valence electrons. The zero-order chi connectivity index (χ0) is 18.2. The van der Waals surface area contributed by atoms with Crippen molar-refractivity contribution in [3.05, 3.63) is 0 Å². The normalized spacial score (nSPS) is 19.8. The first-order chi connectivity index (χ1) is 11.4. The van der Waals surface area contributed by atoms with E-state index in [0.29, 0.717) is 0 Å². The lowest BCUT2D eigenvalue weighted by Gasteiger charge is -2.36. The average Bonchev–Trinajstić information content (AvgIpc) is 2.54. The number of hydrogen-bond donors (Lipinski definition) is 1. The second kappa shape index (κ2) is 9.98. The van der Waals surface area contributed by atoms with Crippen molar-refractivity contribution < 1.29 is 32.7 Å². The highest BCUT2D eigenvalue weighted by Gasteiger charge is 2.35. The molecule has 0 spiro atoms. The number of hydrogen-bond acceptors (Lipinski definition) is 7. The summed E-state index contributed by atoms with van der Waals surface area (Å²) in [6, 6.07) is -0.356. The summed E-state index contributed by atoms with van der Waals surface area (Å²) in [4.78, 5) is 25.2. The van der Waals surface area contributed by atoms with Gasteiger partial charge in [0.15, 0.2) is 6.35 Å². The molecule has 0 aromatic rings. The van der Waals surface area contributed by atoms with Crippen LogP contribution in [-0.4, -0.2) is 62.4 Å². The van der Waals surface area contributed by atoms with Gasteiger partial charge in [-0.2, -0.15) is 0 Å². The Morgan fingerprint density at radius 3 is 2.46 bits per heavy atom. The van der Waals surface area contributed by atoms with Gasteiger partial charge in [0.1, 0.15) is 6.23 Å². The van der Waals surface area contributed by atoms with Crippen LogP contribution < -0.4 is 5.32 Å². The summed E-state index contributed by atoms with van der Waals surface area (Å²) in [5.74, 6) is -0.844. The number of amides is 2. The van der Waals surface area contributed by atoms with Gasteiger partial charge in [-0.15, -0.1) is 0 Å². The lowest BCUT2D eigenvalue weighted by molar-refractivity contribution is -0.149. The van der Waals surface area contributed by atoms with Crippen LogP contribution in [0.3, 0.4) is 0 Å². The number of nitrogens with zero attached hydrogens (tertiary/aromatic N) is 1. The van der Waals surface area contributed by atoms with E-state index in [1.807, 2.05) is 0 Å². The zero-order valence-electron chi connectivity index (χ0n) is 14.6. The summed E-state index contributed by atoms with van der Waals surface area (Å²) in [6.45, 7) is 7.89. The van der Waals surface area contributed by atoms with Crippen molar-refractivity contribution in [2.75, 3.05) is 39.3 Å². The summed E-state index contributed by atoms with van der Waals surface area (Å²) >= 11 is 0. The van der Waals surface area contributed by atoms with E-state index in [1.165, 1.54) is 4.90 Å². The number of rotatable bonds is 10. The van der Waals surface area contributed by atoms with Gasteiger partial charge in [0, 0.05) is 13.1 Å². The largest absolute Gasteiger partial charge is 0.466 e. The third kappa shape index (κ3) is 6.05. The van der Waals surface area contributed by atoms with Crippen LogP contribution in [0.4, 0.5) is 4.79 Å². The molecule has 0 radical (unpaired) electrons. The van der Waals surface area contributed by atoms with E-state index in [2.05, 4.69) is 5.32 Å². The fraction of sp³-hybridized carbons (Fsp3) is 0.857. The molecule has 2 amide bonds. The molecule has 1 aliphatic rings. The van der Waals surface area contributed by atoms with Crippen molar-refractivity contribution in [1.29, 1.82) is 0 Å². The van der Waals surface area contributed by atoms with Gasteiger partial charge < -0.3 is 23.8 Å². The van der Waals surface area contributed by atoms with Crippen LogP contribution in [0.15, 0.2) is 0 Å². The van der Waals surface area contributed by atoms with Crippen molar-refractivity contribution >= 4 is 19.6 Å². The number of esters is 1. The first-order valence-corrected chi connectivity index (χ1v) is 9.80. The molecular formula is C14H27N2O7P. The van der Waals surface area contributed by atoms with Gasteiger partial charge in [-0.3, -0.25) is 14.3 Å². The Labute approximate surface area is 142 Å². The Balaban J connectivity index is 2.63. The first-order valence-electron chi connectivity index (χ1n) is 8.07. The van der Waals surface area contributed by atoms with Crippen molar-refractivity contribution in [1.82, 2.24) is 10.2 Å². The van der Waals surface area contributed by atoms with Gasteiger partial charge in [0.2, 0.25) is 0 Å². The Morgan fingerprint density at radius 1 is 1.29 bits per heavy atom. The minimum atomic E-state index is -3.36. The highest BCUT2D eigenvalue weighted by atomic mass is 31.2. The Kier molecular flexibility index (Phi) is 8.69. The molecule has 0 bridgehead atoms. The lowest BCUT2D eigenvalue weighted by atomic mass is 10.1. The molecule has 0 aliphatic carbocycles. The zero-order valence-corrected chi connectivity index (χ0v) is 15.5. The smallest absolute Gasteiger partial charge is 0.356 e. The Hall–Kier alpha value is -1.15. The van der Waals surface area contributed by atoms with Gasteiger partial charge in [0.25, 0.3) is 0 Å². The summed E-state index contributed by atoms with van der Waals surface area (Å²) in [6.07, 6.45) is -0.972. The topological polar surface area (TPSA) is 103 Å². The van der Waals surface area contributed by atoms with Crippen LogP contribution in [0.5, 0.6) is 0 Å². The molecule has 0 aromatic heterocycles. The predicted octanol–water partition coefficient (Wildman–Crippen LogP) is 1.78. The Morgan fingerprint density at radius 2 is 1.92 bits per heavy atom. The molecule has 2 unspecified atom stereocenters. The maximum atomic E-state index is 12.4. The van der Waals surface area contributed by atoms with E-state index in [9.17, 15) is 14.2 Å². The quantitative estimate of drug-likeness (QED) is 0.464. The highest BCUT2D eigenvalue weighted by molar-refractivity contribution is 7.53. The molecule has 0 saturated carbocycles. The molecule has 1 heterocycles.